The second-order valence-corrected chi connectivity index (χ2v) is 4.58. The number of nitrogens with one attached hydrogen (secondary N) is 1. The molecule has 0 spiro atoms. The van der Waals surface area contributed by atoms with Gasteiger partial charge in [0.15, 0.2) is 0 Å². The molecule has 0 aliphatic carbocycles. The molecule has 17 heavy (non-hydrogen) atoms. The van der Waals surface area contributed by atoms with Crippen LogP contribution in [0, 0.1) is 6.92 Å². The van der Waals surface area contributed by atoms with Gasteiger partial charge in [-0.15, -0.1) is 0 Å². The van der Waals surface area contributed by atoms with E-state index in [-0.39, 0.29) is 0 Å². The molecule has 90 valence electrons. The SMILES string of the molecule is CNc1nc(C)cn1-c1cccc(C(C)C)c1. The summed E-state index contributed by atoms with van der Waals surface area (Å²) in [6, 6.07) is 8.58. The van der Waals surface area contributed by atoms with Crippen LogP contribution in [-0.2, 0) is 0 Å². The van der Waals surface area contributed by atoms with Gasteiger partial charge in [0.25, 0.3) is 0 Å². The number of hydrogen-bond donors (Lipinski definition) is 1. The molecule has 1 aromatic carbocycles. The van der Waals surface area contributed by atoms with Crippen LogP contribution in [0.1, 0.15) is 31.0 Å². The van der Waals surface area contributed by atoms with E-state index in [1.165, 1.54) is 5.56 Å². The summed E-state index contributed by atoms with van der Waals surface area (Å²) in [5, 5.41) is 3.12. The van der Waals surface area contributed by atoms with Crippen LogP contribution in [0.5, 0.6) is 0 Å². The lowest BCUT2D eigenvalue weighted by atomic mass is 10.0. The van der Waals surface area contributed by atoms with Crippen LogP contribution in [-0.4, -0.2) is 16.6 Å². The monoisotopic (exact) mass is 229 g/mol. The minimum Gasteiger partial charge on any atom is -0.358 e. The van der Waals surface area contributed by atoms with Crippen LogP contribution in [0.2, 0.25) is 0 Å². The first-order valence-corrected chi connectivity index (χ1v) is 5.96. The number of hydrogen-bond acceptors (Lipinski definition) is 2. The van der Waals surface area contributed by atoms with Gasteiger partial charge in [-0.3, -0.25) is 4.57 Å². The predicted molar refractivity (Wildman–Crippen MR) is 71.9 cm³/mol. The zero-order valence-corrected chi connectivity index (χ0v) is 10.9. The van der Waals surface area contributed by atoms with E-state index in [1.54, 1.807) is 0 Å². The Balaban J connectivity index is 2.48. The quantitative estimate of drug-likeness (QED) is 0.874. The highest BCUT2D eigenvalue weighted by molar-refractivity contribution is 5.45. The molecule has 0 saturated heterocycles. The van der Waals surface area contributed by atoms with Crippen LogP contribution in [0.25, 0.3) is 5.69 Å². The molecule has 1 N–H and O–H groups in total. The van der Waals surface area contributed by atoms with E-state index in [4.69, 9.17) is 0 Å². The number of aryl methyl sites for hydroxylation is 1. The summed E-state index contributed by atoms with van der Waals surface area (Å²) < 4.78 is 2.08. The summed E-state index contributed by atoms with van der Waals surface area (Å²) in [7, 11) is 1.89. The van der Waals surface area contributed by atoms with Gasteiger partial charge in [0.2, 0.25) is 5.95 Å². The van der Waals surface area contributed by atoms with Crippen molar-refractivity contribution in [2.75, 3.05) is 12.4 Å². The summed E-state index contributed by atoms with van der Waals surface area (Å²) in [5.41, 5.74) is 3.52. The second-order valence-electron chi connectivity index (χ2n) is 4.58. The zero-order valence-electron chi connectivity index (χ0n) is 10.9. The van der Waals surface area contributed by atoms with Crippen molar-refractivity contribution in [1.29, 1.82) is 0 Å². The smallest absolute Gasteiger partial charge is 0.207 e. The molecule has 0 unspecified atom stereocenters. The number of rotatable bonds is 3. The van der Waals surface area contributed by atoms with Crippen molar-refractivity contribution >= 4 is 5.95 Å². The van der Waals surface area contributed by atoms with Crippen molar-refractivity contribution in [3.8, 4) is 5.69 Å². The largest absolute Gasteiger partial charge is 0.358 e. The van der Waals surface area contributed by atoms with Gasteiger partial charge in [0.1, 0.15) is 0 Å². The Hall–Kier alpha value is -1.77. The Morgan fingerprint density at radius 1 is 1.29 bits per heavy atom. The van der Waals surface area contributed by atoms with Crippen molar-refractivity contribution in [3.63, 3.8) is 0 Å². The molecule has 0 radical (unpaired) electrons. The molecule has 1 aromatic heterocycles. The lowest BCUT2D eigenvalue weighted by Gasteiger charge is -2.10. The van der Waals surface area contributed by atoms with Gasteiger partial charge in [0.05, 0.1) is 5.69 Å². The predicted octanol–water partition coefficient (Wildman–Crippen LogP) is 3.35. The van der Waals surface area contributed by atoms with E-state index < -0.39 is 0 Å². The number of benzene rings is 1. The maximum Gasteiger partial charge on any atom is 0.207 e. The molecule has 0 atom stereocenters. The maximum absolute atomic E-state index is 4.43. The third kappa shape index (κ3) is 2.33. The molecule has 1 heterocycles. The highest BCUT2D eigenvalue weighted by Crippen LogP contribution is 2.21. The zero-order chi connectivity index (χ0) is 12.4. The number of aromatic nitrogens is 2. The molecule has 0 amide bonds. The van der Waals surface area contributed by atoms with Gasteiger partial charge in [-0.1, -0.05) is 26.0 Å². The van der Waals surface area contributed by atoms with Crippen LogP contribution in [0.15, 0.2) is 30.5 Å². The van der Waals surface area contributed by atoms with Crippen molar-refractivity contribution in [2.24, 2.45) is 0 Å². The molecular weight excluding hydrogens is 210 g/mol. The number of nitrogens with zero attached hydrogens (tertiary/aromatic N) is 2. The third-order valence-electron chi connectivity index (χ3n) is 2.87. The lowest BCUT2D eigenvalue weighted by molar-refractivity contribution is 0.863. The van der Waals surface area contributed by atoms with Gasteiger partial charge in [0, 0.05) is 18.9 Å². The Labute approximate surface area is 103 Å². The summed E-state index contributed by atoms with van der Waals surface area (Å²) in [6.45, 7) is 6.41. The summed E-state index contributed by atoms with van der Waals surface area (Å²) in [5.74, 6) is 1.42. The van der Waals surface area contributed by atoms with E-state index >= 15 is 0 Å². The normalized spacial score (nSPS) is 10.9. The first-order valence-electron chi connectivity index (χ1n) is 5.96. The average Bonchev–Trinajstić information content (AvgIpc) is 2.70. The summed E-state index contributed by atoms with van der Waals surface area (Å²) in [4.78, 5) is 4.43. The van der Waals surface area contributed by atoms with E-state index in [9.17, 15) is 0 Å². The highest BCUT2D eigenvalue weighted by atomic mass is 15.2. The first-order chi connectivity index (χ1) is 8.11. The van der Waals surface area contributed by atoms with Crippen molar-refractivity contribution < 1.29 is 0 Å². The van der Waals surface area contributed by atoms with E-state index in [2.05, 4.69) is 53.0 Å². The van der Waals surface area contributed by atoms with Gasteiger partial charge >= 0.3 is 0 Å². The molecule has 0 aliphatic heterocycles. The maximum atomic E-state index is 4.43. The molecule has 2 rings (SSSR count). The minimum absolute atomic E-state index is 0.539. The number of anilines is 1. The van der Waals surface area contributed by atoms with Crippen LogP contribution in [0.3, 0.4) is 0 Å². The fourth-order valence-corrected chi connectivity index (χ4v) is 1.90. The Bertz CT molecular complexity index is 512. The molecule has 0 fully saturated rings. The average molecular weight is 229 g/mol. The van der Waals surface area contributed by atoms with Gasteiger partial charge < -0.3 is 5.32 Å². The minimum atomic E-state index is 0.539. The fourth-order valence-electron chi connectivity index (χ4n) is 1.90. The van der Waals surface area contributed by atoms with Gasteiger partial charge in [-0.2, -0.15) is 0 Å². The molecule has 3 nitrogen and oxygen atoms in total. The van der Waals surface area contributed by atoms with Gasteiger partial charge in [-0.05, 0) is 30.5 Å². The third-order valence-corrected chi connectivity index (χ3v) is 2.87. The van der Waals surface area contributed by atoms with Crippen LogP contribution >= 0.6 is 0 Å². The van der Waals surface area contributed by atoms with Gasteiger partial charge in [-0.25, -0.2) is 4.98 Å². The second kappa shape index (κ2) is 4.62. The van der Waals surface area contributed by atoms with Crippen LogP contribution in [0.4, 0.5) is 5.95 Å². The van der Waals surface area contributed by atoms with Crippen molar-refractivity contribution in [1.82, 2.24) is 9.55 Å². The van der Waals surface area contributed by atoms with E-state index in [1.807, 2.05) is 20.2 Å². The number of imidazole rings is 1. The van der Waals surface area contributed by atoms with Crippen molar-refractivity contribution in [2.45, 2.75) is 26.7 Å². The van der Waals surface area contributed by atoms with E-state index in [0.29, 0.717) is 5.92 Å². The summed E-state index contributed by atoms with van der Waals surface area (Å²) in [6.07, 6.45) is 2.05. The molecule has 0 bridgehead atoms. The lowest BCUT2D eigenvalue weighted by Crippen LogP contribution is -2.01. The van der Waals surface area contributed by atoms with E-state index in [0.717, 1.165) is 17.3 Å². The van der Waals surface area contributed by atoms with Crippen molar-refractivity contribution in [3.05, 3.63) is 41.7 Å². The standard InChI is InChI=1S/C14H19N3/c1-10(2)12-6-5-7-13(8-12)17-9-11(3)16-14(17)15-4/h5-10H,1-4H3,(H,15,16). The molecule has 0 aliphatic rings. The molecule has 0 saturated carbocycles. The Morgan fingerprint density at radius 2 is 2.06 bits per heavy atom. The Kier molecular flexibility index (Phi) is 3.18. The highest BCUT2D eigenvalue weighted by Gasteiger charge is 2.07. The molecular formula is C14H19N3. The Morgan fingerprint density at radius 3 is 2.71 bits per heavy atom. The first kappa shape index (κ1) is 11.7. The summed E-state index contributed by atoms with van der Waals surface area (Å²) >= 11 is 0. The molecule has 3 heteroatoms. The van der Waals surface area contributed by atoms with Crippen LogP contribution < -0.4 is 5.32 Å². The topological polar surface area (TPSA) is 29.9 Å². The molecule has 2 aromatic rings. The fraction of sp³-hybridized carbons (Fsp3) is 0.357.